The van der Waals surface area contributed by atoms with Gasteiger partial charge in [0.15, 0.2) is 16.6 Å². The molecule has 0 spiro atoms. The van der Waals surface area contributed by atoms with E-state index in [1.807, 2.05) is 6.92 Å². The van der Waals surface area contributed by atoms with E-state index in [2.05, 4.69) is 20.5 Å². The Morgan fingerprint density at radius 3 is 2.76 bits per heavy atom. The summed E-state index contributed by atoms with van der Waals surface area (Å²) in [5.41, 5.74) is -0.425. The lowest BCUT2D eigenvalue weighted by Crippen LogP contribution is -2.24. The number of nitrogens with zero attached hydrogens (tertiary/aromatic N) is 4. The Kier molecular flexibility index (Phi) is 7.06. The molecule has 4 aromatic rings. The molecule has 0 atom stereocenters. The van der Waals surface area contributed by atoms with E-state index >= 15 is 0 Å². The Balaban J connectivity index is 1.59. The molecule has 4 rings (SSSR count). The molecule has 0 saturated carbocycles. The normalized spacial score (nSPS) is 11.6. The summed E-state index contributed by atoms with van der Waals surface area (Å²) < 4.78 is 52.2. The van der Waals surface area contributed by atoms with Crippen LogP contribution in [0.2, 0.25) is 0 Å². The number of aromatic nitrogens is 4. The molecular weight excluding hydrogens is 471 g/mol. The van der Waals surface area contributed by atoms with Crippen molar-refractivity contribution >= 4 is 17.7 Å². The lowest BCUT2D eigenvalue weighted by atomic mass is 10.2. The first-order valence-electron chi connectivity index (χ1n) is 10.4. The summed E-state index contributed by atoms with van der Waals surface area (Å²) in [5, 5.41) is 11.3. The van der Waals surface area contributed by atoms with Crippen LogP contribution in [0.3, 0.4) is 0 Å². The van der Waals surface area contributed by atoms with E-state index in [1.54, 1.807) is 12.1 Å². The largest absolute Gasteiger partial charge is 0.461 e. The van der Waals surface area contributed by atoms with Crippen LogP contribution in [0.4, 0.5) is 13.2 Å². The van der Waals surface area contributed by atoms with E-state index in [-0.39, 0.29) is 34.8 Å². The molecule has 1 N–H and O–H groups in total. The van der Waals surface area contributed by atoms with Crippen molar-refractivity contribution in [3.8, 4) is 17.3 Å². The Morgan fingerprint density at radius 2 is 2.03 bits per heavy atom. The minimum atomic E-state index is -4.51. The second-order valence-corrected chi connectivity index (χ2v) is 8.13. The smallest absolute Gasteiger partial charge is 0.416 e. The molecule has 3 heterocycles. The molecule has 0 fully saturated rings. The number of oxazole rings is 1. The quantitative estimate of drug-likeness (QED) is 0.249. The molecule has 34 heavy (non-hydrogen) atoms. The van der Waals surface area contributed by atoms with Crippen LogP contribution in [0.25, 0.3) is 17.3 Å². The van der Waals surface area contributed by atoms with Crippen molar-refractivity contribution in [2.24, 2.45) is 0 Å². The number of thioether (sulfide) groups is 1. The standard InChI is InChI=1S/C22H20F3N5O3S/c1-2-3-9-26-20(31)16-12-33-18(27-16)13-34-21-29-28-19(17-8-5-10-32-17)30(21)15-7-4-6-14(11-15)22(23,24)25/h4-8,10-12H,2-3,9,13H2,1H3,(H,26,31). The third kappa shape index (κ3) is 5.33. The monoisotopic (exact) mass is 491 g/mol. The van der Waals surface area contributed by atoms with Gasteiger partial charge in [-0.25, -0.2) is 4.98 Å². The fourth-order valence-electron chi connectivity index (χ4n) is 3.06. The van der Waals surface area contributed by atoms with E-state index in [0.717, 1.165) is 36.7 Å². The number of hydrogen-bond donors (Lipinski definition) is 1. The maximum Gasteiger partial charge on any atom is 0.416 e. The van der Waals surface area contributed by atoms with Crippen LogP contribution in [0.15, 0.2) is 62.9 Å². The molecule has 0 saturated heterocycles. The second kappa shape index (κ2) is 10.2. The SMILES string of the molecule is CCCCNC(=O)c1coc(CSc2nnc(-c3ccco3)n2-c2cccc(C(F)(F)F)c2)n1. The van der Waals surface area contributed by atoms with E-state index in [0.29, 0.717) is 17.5 Å². The summed E-state index contributed by atoms with van der Waals surface area (Å²) >= 11 is 1.15. The lowest BCUT2D eigenvalue weighted by Gasteiger charge is -2.12. The molecule has 0 unspecified atom stereocenters. The number of furan rings is 1. The van der Waals surface area contributed by atoms with E-state index in [9.17, 15) is 18.0 Å². The molecular formula is C22H20F3N5O3S. The van der Waals surface area contributed by atoms with Crippen molar-refractivity contribution in [1.29, 1.82) is 0 Å². The summed E-state index contributed by atoms with van der Waals surface area (Å²) in [6.07, 6.45) is 0.00748. The van der Waals surface area contributed by atoms with Crippen molar-refractivity contribution < 1.29 is 26.8 Å². The van der Waals surface area contributed by atoms with Crippen LogP contribution in [-0.4, -0.2) is 32.2 Å². The first-order valence-corrected chi connectivity index (χ1v) is 11.4. The topological polar surface area (TPSA) is 99.0 Å². The van der Waals surface area contributed by atoms with Gasteiger partial charge in [0.25, 0.3) is 5.91 Å². The number of carbonyl (C=O) groups is 1. The average Bonchev–Trinajstić information content (AvgIpc) is 3.58. The van der Waals surface area contributed by atoms with Crippen molar-refractivity contribution in [1.82, 2.24) is 25.1 Å². The van der Waals surface area contributed by atoms with E-state index in [1.165, 1.54) is 29.2 Å². The van der Waals surface area contributed by atoms with Crippen LogP contribution in [-0.2, 0) is 11.9 Å². The molecule has 0 aliphatic heterocycles. The maximum absolute atomic E-state index is 13.3. The predicted molar refractivity (Wildman–Crippen MR) is 117 cm³/mol. The first kappa shape index (κ1) is 23.6. The fraction of sp³-hybridized carbons (Fsp3) is 0.273. The molecule has 0 aliphatic rings. The van der Waals surface area contributed by atoms with Gasteiger partial charge in [0.2, 0.25) is 11.7 Å². The molecule has 8 nitrogen and oxygen atoms in total. The van der Waals surface area contributed by atoms with Crippen molar-refractivity contribution in [3.63, 3.8) is 0 Å². The van der Waals surface area contributed by atoms with Crippen LogP contribution in [0, 0.1) is 0 Å². The van der Waals surface area contributed by atoms with E-state index < -0.39 is 11.7 Å². The third-order valence-corrected chi connectivity index (χ3v) is 5.65. The Hall–Kier alpha value is -3.54. The molecule has 3 aromatic heterocycles. The van der Waals surface area contributed by atoms with Crippen LogP contribution in [0.1, 0.15) is 41.7 Å². The van der Waals surface area contributed by atoms with Crippen molar-refractivity contribution in [3.05, 3.63) is 66.1 Å². The second-order valence-electron chi connectivity index (χ2n) is 7.19. The molecule has 178 valence electrons. The minimum absolute atomic E-state index is 0.155. The van der Waals surface area contributed by atoms with Crippen LogP contribution >= 0.6 is 11.8 Å². The number of rotatable bonds is 9. The third-order valence-electron chi connectivity index (χ3n) is 4.73. The van der Waals surface area contributed by atoms with Gasteiger partial charge in [0, 0.05) is 6.54 Å². The highest BCUT2D eigenvalue weighted by Crippen LogP contribution is 2.34. The van der Waals surface area contributed by atoms with Gasteiger partial charge in [-0.2, -0.15) is 13.2 Å². The zero-order valence-corrected chi connectivity index (χ0v) is 18.8. The maximum atomic E-state index is 13.3. The number of hydrogen-bond acceptors (Lipinski definition) is 7. The minimum Gasteiger partial charge on any atom is -0.461 e. The van der Waals surface area contributed by atoms with Gasteiger partial charge in [0.1, 0.15) is 6.26 Å². The van der Waals surface area contributed by atoms with Gasteiger partial charge in [-0.15, -0.1) is 10.2 Å². The van der Waals surface area contributed by atoms with Gasteiger partial charge in [-0.1, -0.05) is 31.2 Å². The molecule has 0 radical (unpaired) electrons. The summed E-state index contributed by atoms with van der Waals surface area (Å²) in [6.45, 7) is 2.56. The molecule has 1 aromatic carbocycles. The van der Waals surface area contributed by atoms with Gasteiger partial charge in [-0.3, -0.25) is 9.36 Å². The summed E-state index contributed by atoms with van der Waals surface area (Å²) in [5.74, 6) is 0.705. The predicted octanol–water partition coefficient (Wildman–Crippen LogP) is 5.36. The Bertz CT molecular complexity index is 1250. The summed E-state index contributed by atoms with van der Waals surface area (Å²) in [6, 6.07) is 8.14. The van der Waals surface area contributed by atoms with E-state index in [4.69, 9.17) is 8.83 Å². The average molecular weight is 491 g/mol. The highest BCUT2D eigenvalue weighted by atomic mass is 32.2. The van der Waals surface area contributed by atoms with Crippen LogP contribution < -0.4 is 5.32 Å². The number of amides is 1. The Morgan fingerprint density at radius 1 is 1.18 bits per heavy atom. The van der Waals surface area contributed by atoms with Gasteiger partial charge in [-0.05, 0) is 36.8 Å². The number of benzene rings is 1. The molecule has 12 heteroatoms. The number of carbonyl (C=O) groups excluding carboxylic acids is 1. The molecule has 0 aliphatic carbocycles. The van der Waals surface area contributed by atoms with Gasteiger partial charge in [0.05, 0.1) is 23.3 Å². The van der Waals surface area contributed by atoms with Gasteiger partial charge < -0.3 is 14.2 Å². The first-order chi connectivity index (χ1) is 16.4. The van der Waals surface area contributed by atoms with Crippen molar-refractivity contribution in [2.75, 3.05) is 6.54 Å². The molecule has 0 bridgehead atoms. The van der Waals surface area contributed by atoms with Crippen molar-refractivity contribution in [2.45, 2.75) is 36.9 Å². The van der Waals surface area contributed by atoms with Gasteiger partial charge >= 0.3 is 6.18 Å². The lowest BCUT2D eigenvalue weighted by molar-refractivity contribution is -0.137. The molecule has 1 amide bonds. The number of unbranched alkanes of at least 4 members (excludes halogenated alkanes) is 1. The summed E-state index contributed by atoms with van der Waals surface area (Å²) in [4.78, 5) is 16.3. The highest BCUT2D eigenvalue weighted by molar-refractivity contribution is 7.98. The van der Waals surface area contributed by atoms with Crippen LogP contribution in [0.5, 0.6) is 0 Å². The Labute approximate surface area is 196 Å². The number of nitrogens with one attached hydrogen (secondary N) is 1. The zero-order chi connectivity index (χ0) is 24.1. The number of halogens is 3. The highest BCUT2D eigenvalue weighted by Gasteiger charge is 2.31. The summed E-state index contributed by atoms with van der Waals surface area (Å²) in [7, 11) is 0. The zero-order valence-electron chi connectivity index (χ0n) is 18.0. The number of alkyl halides is 3. The fourth-order valence-corrected chi connectivity index (χ4v) is 3.86.